The lowest BCUT2D eigenvalue weighted by atomic mass is 9.94. The number of aliphatic carboxylic acids is 1. The number of ketones is 1. The van der Waals surface area contributed by atoms with E-state index in [1.165, 1.54) is 12.1 Å². The molecule has 0 bridgehead atoms. The number of hydrogen-bond donors (Lipinski definition) is 1. The average Bonchev–Trinajstić information content (AvgIpc) is 2.37. The molecule has 1 fully saturated rings. The van der Waals surface area contributed by atoms with Gasteiger partial charge in [0.25, 0.3) is 0 Å². The van der Waals surface area contributed by atoms with Crippen LogP contribution in [0.5, 0.6) is 0 Å². The molecule has 2 rings (SSSR count). The molecular weight excluding hydrogens is 263 g/mol. The molecule has 1 aromatic rings. The molecule has 6 heteroatoms. The third kappa shape index (κ3) is 2.77. The summed E-state index contributed by atoms with van der Waals surface area (Å²) in [6, 6.07) is 3.67. The van der Waals surface area contributed by atoms with Crippen molar-refractivity contribution in [1.29, 1.82) is 0 Å². The van der Waals surface area contributed by atoms with Crippen molar-refractivity contribution < 1.29 is 19.1 Å². The van der Waals surface area contributed by atoms with E-state index in [1.807, 2.05) is 0 Å². The summed E-state index contributed by atoms with van der Waals surface area (Å²) in [4.78, 5) is 27.1. The van der Waals surface area contributed by atoms with E-state index in [0.29, 0.717) is 13.0 Å². The van der Waals surface area contributed by atoms with Crippen LogP contribution in [-0.4, -0.2) is 29.4 Å². The Balaban J connectivity index is 2.08. The Bertz CT molecular complexity index is 595. The van der Waals surface area contributed by atoms with Gasteiger partial charge in [-0.05, 0) is 18.6 Å². The van der Waals surface area contributed by atoms with Crippen LogP contribution in [0.2, 0.25) is 0 Å². The highest BCUT2D eigenvalue weighted by Gasteiger charge is 2.35. The van der Waals surface area contributed by atoms with E-state index in [2.05, 4.69) is 4.85 Å². The van der Waals surface area contributed by atoms with Crippen LogP contribution in [0, 0.1) is 12.4 Å². The van der Waals surface area contributed by atoms with Gasteiger partial charge in [0.1, 0.15) is 5.82 Å². The molecule has 20 heavy (non-hydrogen) atoms. The van der Waals surface area contributed by atoms with Gasteiger partial charge in [-0.15, -0.1) is 0 Å². The molecular formula is C14H13FN2O3. The van der Waals surface area contributed by atoms with E-state index in [-0.39, 0.29) is 30.0 Å². The predicted octanol–water partition coefficient (Wildman–Crippen LogP) is 2.39. The highest BCUT2D eigenvalue weighted by molar-refractivity contribution is 5.91. The van der Waals surface area contributed by atoms with Gasteiger partial charge in [-0.1, -0.05) is 6.07 Å². The van der Waals surface area contributed by atoms with Gasteiger partial charge in [0.2, 0.25) is 0 Å². The lowest BCUT2D eigenvalue weighted by molar-refractivity contribution is -0.138. The number of benzene rings is 1. The third-order valence-electron chi connectivity index (χ3n) is 3.35. The molecule has 0 aliphatic carbocycles. The Morgan fingerprint density at radius 1 is 1.45 bits per heavy atom. The van der Waals surface area contributed by atoms with Crippen LogP contribution >= 0.6 is 0 Å². The monoisotopic (exact) mass is 276 g/mol. The summed E-state index contributed by atoms with van der Waals surface area (Å²) in [5.41, 5.74) is 0.498. The number of carbonyl (C=O) groups excluding carboxylic acids is 1. The molecule has 0 radical (unpaired) electrons. The summed E-state index contributed by atoms with van der Waals surface area (Å²) < 4.78 is 13.9. The summed E-state index contributed by atoms with van der Waals surface area (Å²) >= 11 is 0. The Kier molecular flexibility index (Phi) is 3.99. The van der Waals surface area contributed by atoms with E-state index in [0.717, 1.165) is 6.07 Å². The summed E-state index contributed by atoms with van der Waals surface area (Å²) in [6.07, 6.45) is 0.350. The Morgan fingerprint density at radius 3 is 2.70 bits per heavy atom. The zero-order chi connectivity index (χ0) is 14.7. The molecule has 1 atom stereocenters. The second-order valence-electron chi connectivity index (χ2n) is 4.61. The number of halogens is 1. The van der Waals surface area contributed by atoms with Gasteiger partial charge in [-0.2, -0.15) is 0 Å². The van der Waals surface area contributed by atoms with Gasteiger partial charge < -0.3 is 10.0 Å². The lowest BCUT2D eigenvalue weighted by Gasteiger charge is -2.42. The van der Waals surface area contributed by atoms with Gasteiger partial charge in [0.15, 0.2) is 11.5 Å². The van der Waals surface area contributed by atoms with E-state index >= 15 is 0 Å². The molecule has 0 unspecified atom stereocenters. The number of Topliss-reactive ketones (excluding diaryl/α,β-unsaturated/α-hetero) is 1. The number of hydrogen-bond acceptors (Lipinski definition) is 3. The number of carbonyl (C=O) groups is 2. The third-order valence-corrected chi connectivity index (χ3v) is 3.35. The molecule has 1 aromatic carbocycles. The summed E-state index contributed by atoms with van der Waals surface area (Å²) in [5, 5.41) is 8.57. The summed E-state index contributed by atoms with van der Waals surface area (Å²) in [6.45, 7) is 7.37. The van der Waals surface area contributed by atoms with Crippen LogP contribution in [0.4, 0.5) is 15.8 Å². The molecule has 1 saturated heterocycles. The second kappa shape index (κ2) is 5.70. The minimum atomic E-state index is -1.02. The predicted molar refractivity (Wildman–Crippen MR) is 70.3 cm³/mol. The second-order valence-corrected chi connectivity index (χ2v) is 4.61. The van der Waals surface area contributed by atoms with Crippen LogP contribution in [0.1, 0.15) is 19.3 Å². The maximum atomic E-state index is 13.9. The molecule has 0 aromatic heterocycles. The van der Waals surface area contributed by atoms with E-state index in [9.17, 15) is 14.0 Å². The van der Waals surface area contributed by atoms with E-state index < -0.39 is 17.8 Å². The number of carboxylic acids is 1. The minimum absolute atomic E-state index is 0.0434. The van der Waals surface area contributed by atoms with Crippen molar-refractivity contribution in [1.82, 2.24) is 0 Å². The maximum absolute atomic E-state index is 13.9. The van der Waals surface area contributed by atoms with Crippen LogP contribution in [0.3, 0.4) is 0 Å². The van der Waals surface area contributed by atoms with Crippen molar-refractivity contribution in [3.63, 3.8) is 0 Å². The molecule has 0 amide bonds. The normalized spacial score (nSPS) is 17.2. The Morgan fingerprint density at radius 2 is 2.20 bits per heavy atom. The molecule has 0 spiro atoms. The topological polar surface area (TPSA) is 62.0 Å². The first kappa shape index (κ1) is 14.0. The standard InChI is InChI=1S/C14H13FN2O3/c1-16-9-2-3-11(10(15)8-9)17-7-6-12(17)13(18)4-5-14(19)20/h2-3,8,12H,4-7H2,(H,19,20)/t12-/m0/s1. The van der Waals surface area contributed by atoms with Crippen molar-refractivity contribution in [2.45, 2.75) is 25.3 Å². The molecule has 5 nitrogen and oxygen atoms in total. The highest BCUT2D eigenvalue weighted by Crippen LogP contribution is 2.32. The van der Waals surface area contributed by atoms with Crippen molar-refractivity contribution in [2.75, 3.05) is 11.4 Å². The van der Waals surface area contributed by atoms with Gasteiger partial charge in [0.05, 0.1) is 24.7 Å². The van der Waals surface area contributed by atoms with Crippen LogP contribution in [-0.2, 0) is 9.59 Å². The Hall–Kier alpha value is -2.42. The van der Waals surface area contributed by atoms with E-state index in [4.69, 9.17) is 11.7 Å². The van der Waals surface area contributed by atoms with Gasteiger partial charge in [-0.3, -0.25) is 9.59 Å². The smallest absolute Gasteiger partial charge is 0.303 e. The zero-order valence-corrected chi connectivity index (χ0v) is 10.7. The van der Waals surface area contributed by atoms with Gasteiger partial charge >= 0.3 is 5.97 Å². The number of anilines is 1. The van der Waals surface area contributed by atoms with E-state index in [1.54, 1.807) is 4.90 Å². The molecule has 1 N–H and O–H groups in total. The highest BCUT2D eigenvalue weighted by atomic mass is 19.1. The fourth-order valence-corrected chi connectivity index (χ4v) is 2.21. The van der Waals surface area contributed by atoms with Crippen molar-refractivity contribution in [3.05, 3.63) is 35.4 Å². The first-order valence-corrected chi connectivity index (χ1v) is 6.21. The average molecular weight is 276 g/mol. The van der Waals surface area contributed by atoms with Gasteiger partial charge in [-0.25, -0.2) is 9.24 Å². The zero-order valence-electron chi connectivity index (χ0n) is 10.7. The lowest BCUT2D eigenvalue weighted by Crippen LogP contribution is -2.53. The maximum Gasteiger partial charge on any atom is 0.303 e. The van der Waals surface area contributed by atoms with Crippen molar-refractivity contribution >= 4 is 23.1 Å². The molecule has 1 heterocycles. The minimum Gasteiger partial charge on any atom is -0.481 e. The largest absolute Gasteiger partial charge is 0.481 e. The quantitative estimate of drug-likeness (QED) is 0.839. The first-order valence-electron chi connectivity index (χ1n) is 6.21. The fourth-order valence-electron chi connectivity index (χ4n) is 2.21. The molecule has 1 aliphatic rings. The number of nitrogens with zero attached hydrogens (tertiary/aromatic N) is 2. The van der Waals surface area contributed by atoms with Crippen LogP contribution in [0.25, 0.3) is 4.85 Å². The first-order chi connectivity index (χ1) is 9.52. The Labute approximate surface area is 115 Å². The SMILES string of the molecule is [C-]#[N+]c1ccc(N2CC[C@H]2C(=O)CCC(=O)O)c(F)c1. The molecule has 104 valence electrons. The summed E-state index contributed by atoms with van der Waals surface area (Å²) in [7, 11) is 0. The molecule has 0 saturated carbocycles. The number of carboxylic acid groups (broad SMARTS) is 1. The molecule has 1 aliphatic heterocycles. The van der Waals surface area contributed by atoms with Crippen molar-refractivity contribution in [3.8, 4) is 0 Å². The van der Waals surface area contributed by atoms with Gasteiger partial charge in [0, 0.05) is 13.0 Å². The fraction of sp³-hybridized carbons (Fsp3) is 0.357. The van der Waals surface area contributed by atoms with Crippen LogP contribution in [0.15, 0.2) is 18.2 Å². The van der Waals surface area contributed by atoms with Crippen LogP contribution < -0.4 is 4.90 Å². The van der Waals surface area contributed by atoms with Crippen molar-refractivity contribution in [2.24, 2.45) is 0 Å². The summed E-state index contributed by atoms with van der Waals surface area (Å²) in [5.74, 6) is -1.74. The number of rotatable bonds is 5.